The number of fused-ring (bicyclic) bond motifs is 5. The van der Waals surface area contributed by atoms with Crippen LogP contribution in [0.5, 0.6) is 0 Å². The Hall–Kier alpha value is -7.48. The third-order valence-electron chi connectivity index (χ3n) is 11.5. The maximum absolute atomic E-state index is 6.73. The molecule has 0 N–H and O–H groups in total. The van der Waals surface area contributed by atoms with Crippen LogP contribution in [-0.4, -0.2) is 0 Å². The molecule has 0 unspecified atom stereocenters. The summed E-state index contributed by atoms with van der Waals surface area (Å²) >= 11 is 0. The van der Waals surface area contributed by atoms with Gasteiger partial charge in [0.25, 0.3) is 0 Å². The predicted octanol–water partition coefficient (Wildman–Crippen LogP) is 15.9. The Morgan fingerprint density at radius 3 is 1.11 bits per heavy atom. The molecule has 11 aromatic rings. The fourth-order valence-corrected chi connectivity index (χ4v) is 9.09. The number of hydrogen-bond acceptors (Lipinski definition) is 1. The largest absolute Gasteiger partial charge is 0.456 e. The van der Waals surface area contributed by atoms with Gasteiger partial charge in [0.1, 0.15) is 11.2 Å². The Bertz CT molecular complexity index is 3140. The zero-order valence-corrected chi connectivity index (χ0v) is 31.2. The summed E-state index contributed by atoms with van der Waals surface area (Å²) in [6.07, 6.45) is 0. The van der Waals surface area contributed by atoms with Crippen LogP contribution < -0.4 is 0 Å². The topological polar surface area (TPSA) is 13.1 Å². The lowest BCUT2D eigenvalue weighted by Crippen LogP contribution is -1.98. The van der Waals surface area contributed by atoms with E-state index in [-0.39, 0.29) is 0 Å². The van der Waals surface area contributed by atoms with Gasteiger partial charge in [-0.05, 0) is 94.9 Å². The van der Waals surface area contributed by atoms with Crippen LogP contribution in [0.15, 0.2) is 223 Å². The van der Waals surface area contributed by atoms with E-state index in [4.69, 9.17) is 4.42 Å². The van der Waals surface area contributed by atoms with E-state index in [1.165, 1.54) is 71.6 Å². The van der Waals surface area contributed by atoms with Crippen molar-refractivity contribution in [3.63, 3.8) is 0 Å². The van der Waals surface area contributed by atoms with E-state index in [1.54, 1.807) is 0 Å². The van der Waals surface area contributed by atoms with Gasteiger partial charge in [-0.15, -0.1) is 0 Å². The van der Waals surface area contributed by atoms with Crippen LogP contribution in [-0.2, 0) is 0 Å². The highest BCUT2D eigenvalue weighted by Crippen LogP contribution is 2.54. The standard InChI is InChI=1S/C56H36O/c1-5-20-37(21-6-1)41-33-19-34-42(38-22-7-2-8-23-38)52(41)53-43-28-13-15-30-45(43)54(46-31-16-14-29-44(46)53)56-48(39-24-9-3-10-25-39)36-50-55(47-32-17-18-35-49(47)57-50)51(56)40-26-11-4-12-27-40/h1-36H. The van der Waals surface area contributed by atoms with Gasteiger partial charge in [-0.1, -0.05) is 206 Å². The van der Waals surface area contributed by atoms with Gasteiger partial charge in [-0.3, -0.25) is 0 Å². The molecule has 11 rings (SSSR count). The summed E-state index contributed by atoms with van der Waals surface area (Å²) in [5, 5.41) is 7.07. The Kier molecular flexibility index (Phi) is 7.89. The first-order valence-corrected chi connectivity index (χ1v) is 19.6. The molecule has 0 aliphatic rings. The zero-order chi connectivity index (χ0) is 37.7. The summed E-state index contributed by atoms with van der Waals surface area (Å²) in [5.74, 6) is 0. The van der Waals surface area contributed by atoms with E-state index in [0.29, 0.717) is 0 Å². The quantitative estimate of drug-likeness (QED) is 0.156. The Morgan fingerprint density at radius 2 is 0.614 bits per heavy atom. The Morgan fingerprint density at radius 1 is 0.228 bits per heavy atom. The lowest BCUT2D eigenvalue weighted by atomic mass is 9.78. The van der Waals surface area contributed by atoms with Crippen molar-refractivity contribution in [3.05, 3.63) is 218 Å². The Balaban J connectivity index is 1.36. The van der Waals surface area contributed by atoms with Crippen LogP contribution in [0.1, 0.15) is 0 Å². The molecule has 0 fully saturated rings. The van der Waals surface area contributed by atoms with Crippen LogP contribution in [0.2, 0.25) is 0 Å². The summed E-state index contributed by atoms with van der Waals surface area (Å²) < 4.78 is 6.73. The number of hydrogen-bond donors (Lipinski definition) is 0. The summed E-state index contributed by atoms with van der Waals surface area (Å²) in [7, 11) is 0. The molecule has 1 nitrogen and oxygen atoms in total. The number of rotatable bonds is 6. The molecule has 0 spiro atoms. The van der Waals surface area contributed by atoms with Gasteiger partial charge in [0, 0.05) is 16.3 Å². The molecule has 0 aliphatic carbocycles. The third-order valence-corrected chi connectivity index (χ3v) is 11.5. The normalized spacial score (nSPS) is 11.5. The molecule has 10 aromatic carbocycles. The average molecular weight is 725 g/mol. The average Bonchev–Trinajstić information content (AvgIpc) is 3.67. The van der Waals surface area contributed by atoms with E-state index in [9.17, 15) is 0 Å². The molecule has 1 heteroatoms. The molecule has 0 saturated carbocycles. The fourth-order valence-electron chi connectivity index (χ4n) is 9.09. The molecular formula is C56H36O. The maximum Gasteiger partial charge on any atom is 0.136 e. The molecule has 0 radical (unpaired) electrons. The van der Waals surface area contributed by atoms with Crippen molar-refractivity contribution in [1.29, 1.82) is 0 Å². The first-order chi connectivity index (χ1) is 28.3. The van der Waals surface area contributed by atoms with Crippen LogP contribution in [0, 0.1) is 0 Å². The lowest BCUT2D eigenvalue weighted by molar-refractivity contribution is 0.669. The summed E-state index contributed by atoms with van der Waals surface area (Å²) in [5.41, 5.74) is 16.1. The number of para-hydroxylation sites is 1. The van der Waals surface area contributed by atoms with Crippen molar-refractivity contribution in [2.24, 2.45) is 0 Å². The second kappa shape index (κ2) is 13.7. The first kappa shape index (κ1) is 32.9. The molecular weight excluding hydrogens is 689 g/mol. The van der Waals surface area contributed by atoms with Crippen molar-refractivity contribution in [2.75, 3.05) is 0 Å². The van der Waals surface area contributed by atoms with Crippen LogP contribution in [0.4, 0.5) is 0 Å². The minimum atomic E-state index is 0.882. The monoisotopic (exact) mass is 724 g/mol. The van der Waals surface area contributed by atoms with Gasteiger partial charge in [0.05, 0.1) is 0 Å². The highest BCUT2D eigenvalue weighted by molar-refractivity contribution is 6.28. The first-order valence-electron chi connectivity index (χ1n) is 19.6. The van der Waals surface area contributed by atoms with Crippen molar-refractivity contribution < 1.29 is 4.42 Å². The van der Waals surface area contributed by atoms with E-state index < -0.39 is 0 Å². The molecule has 0 saturated heterocycles. The fraction of sp³-hybridized carbons (Fsp3) is 0. The van der Waals surface area contributed by atoms with Gasteiger partial charge in [-0.2, -0.15) is 0 Å². The van der Waals surface area contributed by atoms with Gasteiger partial charge >= 0.3 is 0 Å². The molecule has 0 atom stereocenters. The van der Waals surface area contributed by atoms with Crippen molar-refractivity contribution >= 4 is 43.5 Å². The molecule has 0 bridgehead atoms. The summed E-state index contributed by atoms with van der Waals surface area (Å²) in [4.78, 5) is 0. The molecule has 0 amide bonds. The smallest absolute Gasteiger partial charge is 0.136 e. The molecule has 1 heterocycles. The van der Waals surface area contributed by atoms with E-state index in [0.717, 1.165) is 38.6 Å². The lowest BCUT2D eigenvalue weighted by Gasteiger charge is -2.25. The Labute approximate surface area is 331 Å². The number of furan rings is 1. The SMILES string of the molecule is c1ccc(-c2cccc(-c3ccccc3)c2-c2c3ccccc3c(-c3c(-c4ccccc4)cc4oc5ccccc5c4c3-c3ccccc3)c3ccccc23)cc1. The third kappa shape index (κ3) is 5.39. The minimum absolute atomic E-state index is 0.882. The molecule has 0 aliphatic heterocycles. The second-order valence-corrected chi connectivity index (χ2v) is 14.7. The van der Waals surface area contributed by atoms with Crippen molar-refractivity contribution in [1.82, 2.24) is 0 Å². The van der Waals surface area contributed by atoms with Crippen molar-refractivity contribution in [2.45, 2.75) is 0 Å². The highest BCUT2D eigenvalue weighted by atomic mass is 16.3. The zero-order valence-electron chi connectivity index (χ0n) is 31.2. The van der Waals surface area contributed by atoms with E-state index in [2.05, 4.69) is 218 Å². The van der Waals surface area contributed by atoms with Gasteiger partial charge in [0.15, 0.2) is 0 Å². The summed E-state index contributed by atoms with van der Waals surface area (Å²) in [6, 6.07) is 79.0. The minimum Gasteiger partial charge on any atom is -0.456 e. The molecule has 266 valence electrons. The van der Waals surface area contributed by atoms with E-state index >= 15 is 0 Å². The van der Waals surface area contributed by atoms with Crippen LogP contribution >= 0.6 is 0 Å². The maximum atomic E-state index is 6.73. The summed E-state index contributed by atoms with van der Waals surface area (Å²) in [6.45, 7) is 0. The van der Waals surface area contributed by atoms with E-state index in [1.807, 2.05) is 0 Å². The van der Waals surface area contributed by atoms with Gasteiger partial charge < -0.3 is 4.42 Å². The number of benzene rings is 10. The predicted molar refractivity (Wildman–Crippen MR) is 241 cm³/mol. The van der Waals surface area contributed by atoms with Crippen molar-refractivity contribution in [3.8, 4) is 66.8 Å². The highest BCUT2D eigenvalue weighted by Gasteiger charge is 2.27. The molecule has 57 heavy (non-hydrogen) atoms. The second-order valence-electron chi connectivity index (χ2n) is 14.7. The van der Waals surface area contributed by atoms with Crippen LogP contribution in [0.25, 0.3) is 110 Å². The van der Waals surface area contributed by atoms with Gasteiger partial charge in [0.2, 0.25) is 0 Å². The van der Waals surface area contributed by atoms with Gasteiger partial charge in [-0.25, -0.2) is 0 Å². The molecule has 1 aromatic heterocycles. The van der Waals surface area contributed by atoms with Crippen LogP contribution in [0.3, 0.4) is 0 Å².